The van der Waals surface area contributed by atoms with E-state index < -0.39 is 0 Å². The number of aliphatic imine (C=N–C) groups is 1. The summed E-state index contributed by atoms with van der Waals surface area (Å²) in [4.78, 5) is 7.38. The summed E-state index contributed by atoms with van der Waals surface area (Å²) >= 11 is 0. The van der Waals surface area contributed by atoms with Gasteiger partial charge in [0.2, 0.25) is 0 Å². The molecule has 1 unspecified atom stereocenters. The number of guanidine groups is 1. The maximum Gasteiger partial charge on any atom is 0.191 e. The van der Waals surface area contributed by atoms with Crippen molar-refractivity contribution in [2.45, 2.75) is 32.2 Å². The summed E-state index contributed by atoms with van der Waals surface area (Å²) in [5, 5.41) is 6.88. The number of hydrogen-bond acceptors (Lipinski definition) is 4. The summed E-state index contributed by atoms with van der Waals surface area (Å²) in [6, 6.07) is 8.62. The van der Waals surface area contributed by atoms with Crippen molar-refractivity contribution >= 4 is 5.96 Å². The van der Waals surface area contributed by atoms with E-state index in [-0.39, 0.29) is 6.04 Å². The van der Waals surface area contributed by atoms with Crippen molar-refractivity contribution in [3.8, 4) is 5.75 Å². The van der Waals surface area contributed by atoms with Gasteiger partial charge in [0.25, 0.3) is 0 Å². The normalized spacial score (nSPS) is 19.6. The number of methoxy groups -OCH3 is 1. The van der Waals surface area contributed by atoms with E-state index in [1.807, 2.05) is 12.1 Å². The molecule has 1 aliphatic heterocycles. The van der Waals surface area contributed by atoms with Crippen LogP contribution in [0.2, 0.25) is 0 Å². The Morgan fingerprint density at radius 2 is 1.96 bits per heavy atom. The van der Waals surface area contributed by atoms with Crippen LogP contribution in [0.25, 0.3) is 0 Å². The summed E-state index contributed by atoms with van der Waals surface area (Å²) in [5.74, 6) is 2.74. The van der Waals surface area contributed by atoms with Gasteiger partial charge in [-0.3, -0.25) is 9.89 Å². The number of ether oxygens (including phenoxy) is 2. The molecule has 0 spiro atoms. The Morgan fingerprint density at radius 3 is 2.59 bits per heavy atom. The molecule has 0 aromatic heterocycles. The van der Waals surface area contributed by atoms with Crippen LogP contribution in [-0.2, 0) is 4.74 Å². The molecule has 1 saturated carbocycles. The molecule has 150 valence electrons. The molecule has 6 nitrogen and oxygen atoms in total. The van der Waals surface area contributed by atoms with Crippen LogP contribution in [0.3, 0.4) is 0 Å². The molecule has 1 atom stereocenters. The molecule has 1 aliphatic carbocycles. The van der Waals surface area contributed by atoms with Crippen molar-refractivity contribution in [2.75, 3.05) is 53.0 Å². The molecule has 6 heteroatoms. The van der Waals surface area contributed by atoms with E-state index in [0.717, 1.165) is 63.6 Å². The van der Waals surface area contributed by atoms with E-state index in [9.17, 15) is 0 Å². The number of nitrogens with one attached hydrogen (secondary N) is 2. The van der Waals surface area contributed by atoms with E-state index in [4.69, 9.17) is 14.5 Å². The van der Waals surface area contributed by atoms with Gasteiger partial charge in [0.05, 0.1) is 32.9 Å². The molecule has 2 aliphatic rings. The topological polar surface area (TPSA) is 58.1 Å². The molecule has 1 saturated heterocycles. The Labute approximate surface area is 163 Å². The standard InChI is InChI=1S/C21H34N4O2/c1-3-22-21(23-11-10-17-4-5-17)24-16-20(25-12-14-27-15-13-25)18-6-8-19(26-2)9-7-18/h6-9,17,20H,3-5,10-16H2,1-2H3,(H2,22,23,24). The number of rotatable bonds is 9. The molecule has 1 aromatic rings. The Balaban J connectivity index is 1.67. The first-order valence-corrected chi connectivity index (χ1v) is 10.3. The molecule has 0 bridgehead atoms. The van der Waals surface area contributed by atoms with Crippen LogP contribution in [0.4, 0.5) is 0 Å². The van der Waals surface area contributed by atoms with Crippen LogP contribution in [0.1, 0.15) is 37.8 Å². The van der Waals surface area contributed by atoms with E-state index >= 15 is 0 Å². The number of nitrogens with zero attached hydrogens (tertiary/aromatic N) is 2. The molecular formula is C21H34N4O2. The zero-order chi connectivity index (χ0) is 18.9. The van der Waals surface area contributed by atoms with Crippen LogP contribution in [0.5, 0.6) is 5.75 Å². The molecule has 2 N–H and O–H groups in total. The van der Waals surface area contributed by atoms with Gasteiger partial charge in [0, 0.05) is 26.2 Å². The van der Waals surface area contributed by atoms with Gasteiger partial charge in [0.1, 0.15) is 5.75 Å². The van der Waals surface area contributed by atoms with Crippen LogP contribution in [-0.4, -0.2) is 63.9 Å². The smallest absolute Gasteiger partial charge is 0.191 e. The van der Waals surface area contributed by atoms with Crippen molar-refractivity contribution in [2.24, 2.45) is 10.9 Å². The molecular weight excluding hydrogens is 340 g/mol. The lowest BCUT2D eigenvalue weighted by Crippen LogP contribution is -2.42. The van der Waals surface area contributed by atoms with Crippen LogP contribution in [0, 0.1) is 5.92 Å². The molecule has 27 heavy (non-hydrogen) atoms. The zero-order valence-corrected chi connectivity index (χ0v) is 16.7. The van der Waals surface area contributed by atoms with Gasteiger partial charge in [-0.05, 0) is 37.0 Å². The third kappa shape index (κ3) is 6.40. The van der Waals surface area contributed by atoms with Gasteiger partial charge in [-0.15, -0.1) is 0 Å². The molecule has 3 rings (SSSR count). The molecule has 1 aromatic carbocycles. The van der Waals surface area contributed by atoms with Gasteiger partial charge < -0.3 is 20.1 Å². The minimum absolute atomic E-state index is 0.249. The maximum absolute atomic E-state index is 5.55. The van der Waals surface area contributed by atoms with Gasteiger partial charge in [0.15, 0.2) is 5.96 Å². The monoisotopic (exact) mass is 374 g/mol. The van der Waals surface area contributed by atoms with E-state index in [1.54, 1.807) is 7.11 Å². The highest BCUT2D eigenvalue weighted by Gasteiger charge is 2.23. The number of morpholine rings is 1. The predicted molar refractivity (Wildman–Crippen MR) is 109 cm³/mol. The van der Waals surface area contributed by atoms with Gasteiger partial charge >= 0.3 is 0 Å². The first-order chi connectivity index (χ1) is 13.3. The summed E-state index contributed by atoms with van der Waals surface area (Å²) in [6.45, 7) is 8.18. The Bertz CT molecular complexity index is 580. The van der Waals surface area contributed by atoms with Crippen molar-refractivity contribution in [3.63, 3.8) is 0 Å². The summed E-state index contributed by atoms with van der Waals surface area (Å²) in [5.41, 5.74) is 1.27. The fraction of sp³-hybridized carbons (Fsp3) is 0.667. The molecule has 0 radical (unpaired) electrons. The highest BCUT2D eigenvalue weighted by atomic mass is 16.5. The molecule has 2 fully saturated rings. The zero-order valence-electron chi connectivity index (χ0n) is 16.7. The van der Waals surface area contributed by atoms with Gasteiger partial charge in [-0.2, -0.15) is 0 Å². The maximum atomic E-state index is 5.55. The highest BCUT2D eigenvalue weighted by molar-refractivity contribution is 5.79. The van der Waals surface area contributed by atoms with E-state index in [2.05, 4.69) is 34.6 Å². The second kappa shape index (κ2) is 10.5. The molecule has 1 heterocycles. The molecule has 0 amide bonds. The lowest BCUT2D eigenvalue weighted by Gasteiger charge is -2.34. The number of hydrogen-bond donors (Lipinski definition) is 2. The van der Waals surface area contributed by atoms with Crippen molar-refractivity contribution in [3.05, 3.63) is 29.8 Å². The first kappa shape index (κ1) is 20.0. The third-order valence-corrected chi connectivity index (χ3v) is 5.30. The fourth-order valence-corrected chi connectivity index (χ4v) is 3.47. The largest absolute Gasteiger partial charge is 0.497 e. The van der Waals surface area contributed by atoms with E-state index in [0.29, 0.717) is 0 Å². The van der Waals surface area contributed by atoms with Crippen LogP contribution < -0.4 is 15.4 Å². The lowest BCUT2D eigenvalue weighted by atomic mass is 10.0. The summed E-state index contributed by atoms with van der Waals surface area (Å²) < 4.78 is 10.9. The predicted octanol–water partition coefficient (Wildman–Crippen LogP) is 2.42. The van der Waals surface area contributed by atoms with Crippen molar-refractivity contribution in [1.29, 1.82) is 0 Å². The second-order valence-corrected chi connectivity index (χ2v) is 7.32. The Morgan fingerprint density at radius 1 is 1.22 bits per heavy atom. The fourth-order valence-electron chi connectivity index (χ4n) is 3.47. The van der Waals surface area contributed by atoms with Crippen LogP contribution in [0.15, 0.2) is 29.3 Å². The summed E-state index contributed by atoms with van der Waals surface area (Å²) in [7, 11) is 1.70. The van der Waals surface area contributed by atoms with Crippen molar-refractivity contribution < 1.29 is 9.47 Å². The van der Waals surface area contributed by atoms with Crippen LogP contribution >= 0.6 is 0 Å². The SMILES string of the molecule is CCNC(=NCC(c1ccc(OC)cc1)N1CCOCC1)NCCC1CC1. The summed E-state index contributed by atoms with van der Waals surface area (Å²) in [6.07, 6.45) is 4.04. The minimum atomic E-state index is 0.249. The van der Waals surface area contributed by atoms with Gasteiger partial charge in [-0.25, -0.2) is 0 Å². The number of benzene rings is 1. The Hall–Kier alpha value is -1.79. The third-order valence-electron chi connectivity index (χ3n) is 5.30. The highest BCUT2D eigenvalue weighted by Crippen LogP contribution is 2.31. The second-order valence-electron chi connectivity index (χ2n) is 7.32. The average molecular weight is 375 g/mol. The quantitative estimate of drug-likeness (QED) is 0.514. The Kier molecular flexibility index (Phi) is 7.78. The first-order valence-electron chi connectivity index (χ1n) is 10.3. The average Bonchev–Trinajstić information content (AvgIpc) is 3.54. The van der Waals surface area contributed by atoms with E-state index in [1.165, 1.54) is 24.8 Å². The minimum Gasteiger partial charge on any atom is -0.497 e. The lowest BCUT2D eigenvalue weighted by molar-refractivity contribution is 0.0179. The van der Waals surface area contributed by atoms with Gasteiger partial charge in [-0.1, -0.05) is 25.0 Å². The van der Waals surface area contributed by atoms with Crippen molar-refractivity contribution in [1.82, 2.24) is 15.5 Å².